The van der Waals surface area contributed by atoms with Gasteiger partial charge in [-0.3, -0.25) is 13.7 Å². The van der Waals surface area contributed by atoms with Gasteiger partial charge < -0.3 is 13.6 Å². The molecule has 5 heterocycles. The van der Waals surface area contributed by atoms with Crippen LogP contribution < -0.4 is 50.8 Å². The molecule has 0 spiro atoms. The number of fused-ring (bicyclic) bond motifs is 10. The summed E-state index contributed by atoms with van der Waals surface area (Å²) in [5, 5.41) is 16.9. The van der Waals surface area contributed by atoms with Crippen molar-refractivity contribution >= 4 is 134 Å². The van der Waals surface area contributed by atoms with Gasteiger partial charge in [0.1, 0.15) is 39.6 Å². The van der Waals surface area contributed by atoms with Crippen molar-refractivity contribution in [3.05, 3.63) is 394 Å². The molecule has 0 N–H and O–H groups in total. The van der Waals surface area contributed by atoms with E-state index in [1.807, 2.05) is 12.3 Å². The summed E-state index contributed by atoms with van der Waals surface area (Å²) >= 11 is 0. The summed E-state index contributed by atoms with van der Waals surface area (Å²) in [6, 6.07) is 137. The zero-order chi connectivity index (χ0) is 72.8. The third kappa shape index (κ3) is 10.8. The molecule has 0 fully saturated rings. The standard InChI is InChI=1S/C100H72N4O3Si2/c1-100(2,3)70-58-59-101-98(62-70)104-90-45-23-22-42-84(90)85-53-50-73(64-93(85)104)105-72-29-26-28-71(63-72)102-67-103(92-47-25-24-46-91(92)102)99-82(68-48-54-94-86(60-68)88-65-80(51-56-96(88)106-94)108(74-30-10-4-11-31-74,75-32-12-5-13-33-75)76-34-14-6-15-35-76)43-27-44-83(99)69-49-55-95-87(61-69)89-66-81(52-57-97(89)107-95)109(77-36-16-7-17-37-77,78-38-18-8-19-39-78)79-40-20-9-21-41-79/h4-66H,1-3H3. The number of aromatic nitrogens is 4. The molecule has 15 aromatic carbocycles. The fraction of sp³-hybridized carbons (Fsp3) is 0.0400. The molecule has 0 aliphatic rings. The number of benzene rings is 15. The molecule has 0 atom stereocenters. The van der Waals surface area contributed by atoms with Gasteiger partial charge >= 0.3 is 0 Å². The Morgan fingerprint density at radius 3 is 1.28 bits per heavy atom. The van der Waals surface area contributed by atoms with Crippen molar-refractivity contribution in [2.45, 2.75) is 26.2 Å². The first-order chi connectivity index (χ1) is 53.6. The van der Waals surface area contributed by atoms with Crippen molar-refractivity contribution in [1.82, 2.24) is 14.1 Å². The number of pyridine rings is 1. The van der Waals surface area contributed by atoms with Crippen LogP contribution in [0.5, 0.6) is 11.5 Å². The first-order valence-electron chi connectivity index (χ1n) is 37.3. The quantitative estimate of drug-likeness (QED) is 0.0444. The van der Waals surface area contributed by atoms with Crippen LogP contribution in [0.1, 0.15) is 26.3 Å². The molecule has 5 aromatic heterocycles. The number of nitrogens with zero attached hydrogens (tertiary/aromatic N) is 4. The Labute approximate surface area is 633 Å². The number of hydrogen-bond donors (Lipinski definition) is 0. The van der Waals surface area contributed by atoms with Crippen LogP contribution in [0.2, 0.25) is 0 Å². The SMILES string of the molecule is CC(C)(C)c1ccnc(-n2c3ccccc3c3ccc(Oc4cccc(-n5[c-][n+](-c6c(-c7ccc8oc9ccc([Si](c%10ccccc%10)(c%10ccccc%10)c%10ccccc%10)cc9c8c7)cccc6-c6ccc7oc8ccc([Si](c9ccccc9)(c9ccccc9)c9ccccc9)cc8c7c6)c6ccccc65)c4)cc32)c1. The van der Waals surface area contributed by atoms with Crippen LogP contribution in [0.3, 0.4) is 0 Å². The van der Waals surface area contributed by atoms with E-state index in [1.165, 1.54) is 47.1 Å². The van der Waals surface area contributed by atoms with Gasteiger partial charge in [0.2, 0.25) is 0 Å². The average molecular weight is 1430 g/mol. The molecule has 0 saturated carbocycles. The van der Waals surface area contributed by atoms with Gasteiger partial charge in [0.15, 0.2) is 16.1 Å². The van der Waals surface area contributed by atoms with Gasteiger partial charge in [0, 0.05) is 44.6 Å². The molecule has 0 saturated heterocycles. The predicted molar refractivity (Wildman–Crippen MR) is 454 cm³/mol. The number of furan rings is 2. The van der Waals surface area contributed by atoms with E-state index in [0.29, 0.717) is 11.5 Å². The van der Waals surface area contributed by atoms with Gasteiger partial charge in [-0.05, 0) is 160 Å². The Kier molecular flexibility index (Phi) is 15.7. The Morgan fingerprint density at radius 2 is 0.771 bits per heavy atom. The fourth-order valence-electron chi connectivity index (χ4n) is 17.2. The summed E-state index contributed by atoms with van der Waals surface area (Å²) in [4.78, 5) is 4.97. The number of hydrogen-bond acceptors (Lipinski definition) is 4. The Hall–Kier alpha value is -13.4. The highest BCUT2D eigenvalue weighted by molar-refractivity contribution is 7.20. The molecule has 0 aliphatic heterocycles. The van der Waals surface area contributed by atoms with E-state index in [0.717, 1.165) is 116 Å². The van der Waals surface area contributed by atoms with Crippen LogP contribution in [-0.4, -0.2) is 30.3 Å². The second kappa shape index (κ2) is 26.3. The highest BCUT2D eigenvalue weighted by Gasteiger charge is 2.43. The van der Waals surface area contributed by atoms with Crippen LogP contribution in [0.25, 0.3) is 116 Å². The summed E-state index contributed by atoms with van der Waals surface area (Å²) in [6.07, 6.45) is 5.94. The van der Waals surface area contributed by atoms with Gasteiger partial charge in [-0.15, -0.1) is 0 Å². The van der Waals surface area contributed by atoms with Gasteiger partial charge in [-0.25, -0.2) is 4.98 Å². The summed E-state index contributed by atoms with van der Waals surface area (Å²) in [6.45, 7) is 6.73. The molecular weight excluding hydrogens is 1360 g/mol. The lowest BCUT2D eigenvalue weighted by Crippen LogP contribution is -2.74. The van der Waals surface area contributed by atoms with Crippen molar-refractivity contribution in [2.24, 2.45) is 0 Å². The van der Waals surface area contributed by atoms with Crippen molar-refractivity contribution in [2.75, 3.05) is 0 Å². The van der Waals surface area contributed by atoms with E-state index in [-0.39, 0.29) is 5.41 Å². The molecule has 0 radical (unpaired) electrons. The van der Waals surface area contributed by atoms with Gasteiger partial charge in [-0.1, -0.05) is 306 Å². The normalized spacial score (nSPS) is 12.2. The van der Waals surface area contributed by atoms with E-state index in [2.05, 4.69) is 411 Å². The molecule has 7 nitrogen and oxygen atoms in total. The number of rotatable bonds is 15. The minimum absolute atomic E-state index is 0.0603. The van der Waals surface area contributed by atoms with E-state index >= 15 is 0 Å². The molecule has 0 amide bonds. The van der Waals surface area contributed by atoms with Crippen molar-refractivity contribution in [3.8, 4) is 50.9 Å². The number of imidazole rings is 1. The second-order valence-electron chi connectivity index (χ2n) is 29.5. The van der Waals surface area contributed by atoms with Crippen LogP contribution in [0.4, 0.5) is 0 Å². The van der Waals surface area contributed by atoms with Gasteiger partial charge in [0.25, 0.3) is 6.33 Å². The van der Waals surface area contributed by atoms with Gasteiger partial charge in [-0.2, -0.15) is 0 Å². The zero-order valence-electron chi connectivity index (χ0n) is 60.4. The first-order valence-corrected chi connectivity index (χ1v) is 41.3. The van der Waals surface area contributed by atoms with E-state index in [1.54, 1.807) is 0 Å². The molecule has 0 bridgehead atoms. The molecule has 9 heteroatoms. The smallest absolute Gasteiger partial charge is 0.269 e. The molecule has 0 aliphatic carbocycles. The monoisotopic (exact) mass is 1430 g/mol. The van der Waals surface area contributed by atoms with Crippen LogP contribution in [-0.2, 0) is 5.41 Å². The maximum atomic E-state index is 7.00. The van der Waals surface area contributed by atoms with Crippen molar-refractivity contribution < 1.29 is 18.1 Å². The lowest BCUT2D eigenvalue weighted by atomic mass is 9.88. The molecule has 20 aromatic rings. The maximum absolute atomic E-state index is 7.00. The van der Waals surface area contributed by atoms with Crippen LogP contribution in [0, 0.1) is 6.33 Å². The highest BCUT2D eigenvalue weighted by atomic mass is 28.3. The van der Waals surface area contributed by atoms with Crippen LogP contribution in [0.15, 0.2) is 391 Å². The lowest BCUT2D eigenvalue weighted by molar-refractivity contribution is -0.571. The predicted octanol–water partition coefficient (Wildman–Crippen LogP) is 19.2. The highest BCUT2D eigenvalue weighted by Crippen LogP contribution is 2.42. The molecule has 0 unspecified atom stereocenters. The molecule has 518 valence electrons. The third-order valence-electron chi connectivity index (χ3n) is 22.3. The maximum Gasteiger partial charge on any atom is 0.269 e. The van der Waals surface area contributed by atoms with Crippen LogP contribution >= 0.6 is 0 Å². The largest absolute Gasteiger partial charge is 0.458 e. The third-order valence-corrected chi connectivity index (χ3v) is 31.8. The Morgan fingerprint density at radius 1 is 0.339 bits per heavy atom. The summed E-state index contributed by atoms with van der Waals surface area (Å²) in [5.41, 5.74) is 14.4. The Bertz CT molecular complexity index is 6410. The average Bonchev–Trinajstić information content (AvgIpc) is 1.66. The van der Waals surface area contributed by atoms with E-state index in [9.17, 15) is 0 Å². The lowest BCUT2D eigenvalue weighted by Gasteiger charge is -2.34. The number of para-hydroxylation sites is 4. The fourth-order valence-corrected chi connectivity index (χ4v) is 26.8. The molecule has 109 heavy (non-hydrogen) atoms. The molecule has 20 rings (SSSR count). The Balaban J connectivity index is 0.773. The minimum atomic E-state index is -2.92. The summed E-state index contributed by atoms with van der Waals surface area (Å²) in [7, 11) is -5.85. The number of ether oxygens (including phenoxy) is 1. The van der Waals surface area contributed by atoms with Crippen molar-refractivity contribution in [1.29, 1.82) is 0 Å². The first kappa shape index (κ1) is 65.1. The summed E-state index contributed by atoms with van der Waals surface area (Å²) in [5.74, 6) is 2.26. The molecular formula is C100H72N4O3Si2. The summed E-state index contributed by atoms with van der Waals surface area (Å²) < 4.78 is 27.5. The topological polar surface area (TPSA) is 62.1 Å². The van der Waals surface area contributed by atoms with Gasteiger partial charge in [0.05, 0.1) is 33.4 Å². The minimum Gasteiger partial charge on any atom is -0.458 e. The second-order valence-corrected chi connectivity index (χ2v) is 37.1. The van der Waals surface area contributed by atoms with E-state index < -0.39 is 16.1 Å². The van der Waals surface area contributed by atoms with Crippen molar-refractivity contribution in [3.63, 3.8) is 0 Å². The van der Waals surface area contributed by atoms with E-state index in [4.69, 9.17) is 18.6 Å². The zero-order valence-corrected chi connectivity index (χ0v) is 62.4.